The molecule has 1 aliphatic rings. The molecule has 0 saturated carbocycles. The Hall–Kier alpha value is -2.50. The summed E-state index contributed by atoms with van der Waals surface area (Å²) in [6, 6.07) is 9.60. The van der Waals surface area contributed by atoms with Crippen LogP contribution in [0.3, 0.4) is 0 Å². The molecule has 6 nitrogen and oxygen atoms in total. The number of likely N-dealkylation sites (tertiary alicyclic amines) is 1. The average molecular weight is 403 g/mol. The summed E-state index contributed by atoms with van der Waals surface area (Å²) in [7, 11) is 0. The number of benzene rings is 1. The van der Waals surface area contributed by atoms with Gasteiger partial charge in [0.15, 0.2) is 0 Å². The van der Waals surface area contributed by atoms with E-state index in [1.54, 1.807) is 4.90 Å². The van der Waals surface area contributed by atoms with Crippen LogP contribution in [0.15, 0.2) is 42.5 Å². The van der Waals surface area contributed by atoms with E-state index < -0.39 is 17.2 Å². The normalized spacial score (nSPS) is 17.6. The summed E-state index contributed by atoms with van der Waals surface area (Å²) in [6.45, 7) is 11.0. The SMILES string of the molecule is C/C=C/C(C)(NC(=O)OCc1ccccc1)C1CCN(C(=O)OC(C)(C)C)CC1. The monoisotopic (exact) mass is 402 g/mol. The second-order valence-corrected chi connectivity index (χ2v) is 8.71. The number of hydrogen-bond donors (Lipinski definition) is 1. The minimum Gasteiger partial charge on any atom is -0.445 e. The zero-order valence-electron chi connectivity index (χ0n) is 18.2. The quantitative estimate of drug-likeness (QED) is 0.712. The molecule has 1 aliphatic heterocycles. The number of carbonyl (C=O) groups excluding carboxylic acids is 2. The zero-order valence-corrected chi connectivity index (χ0v) is 18.2. The fourth-order valence-electron chi connectivity index (χ4n) is 3.59. The highest BCUT2D eigenvalue weighted by atomic mass is 16.6. The zero-order chi connectivity index (χ0) is 21.5. The Labute approximate surface area is 174 Å². The molecule has 0 aliphatic carbocycles. The predicted molar refractivity (Wildman–Crippen MR) is 114 cm³/mol. The topological polar surface area (TPSA) is 67.9 Å². The van der Waals surface area contributed by atoms with E-state index >= 15 is 0 Å². The number of alkyl carbamates (subject to hydrolysis) is 1. The molecule has 2 rings (SSSR count). The standard InChI is InChI=1S/C23H34N2O4/c1-6-14-23(5,24-20(26)28-17-18-10-8-7-9-11-18)19-12-15-25(16-13-19)21(27)29-22(2,3)4/h6-11,14,19H,12-13,15-17H2,1-5H3,(H,24,26)/b14-6+. The van der Waals surface area contributed by atoms with Gasteiger partial charge in [-0.15, -0.1) is 0 Å². The minimum atomic E-state index is -0.539. The fraction of sp³-hybridized carbons (Fsp3) is 0.565. The van der Waals surface area contributed by atoms with Gasteiger partial charge in [-0.2, -0.15) is 0 Å². The first-order chi connectivity index (χ1) is 13.6. The summed E-state index contributed by atoms with van der Waals surface area (Å²) in [5.41, 5.74) is -0.0962. The molecule has 0 spiro atoms. The van der Waals surface area contributed by atoms with Crippen molar-refractivity contribution in [1.29, 1.82) is 0 Å². The summed E-state index contributed by atoms with van der Waals surface area (Å²) < 4.78 is 10.9. The number of nitrogens with one attached hydrogen (secondary N) is 1. The van der Waals surface area contributed by atoms with Gasteiger partial charge in [-0.05, 0) is 58.9 Å². The second-order valence-electron chi connectivity index (χ2n) is 8.71. The number of amides is 2. The van der Waals surface area contributed by atoms with Crippen molar-refractivity contribution in [2.24, 2.45) is 5.92 Å². The van der Waals surface area contributed by atoms with Crippen molar-refractivity contribution >= 4 is 12.2 Å². The van der Waals surface area contributed by atoms with Crippen LogP contribution in [-0.4, -0.2) is 41.3 Å². The van der Waals surface area contributed by atoms with Crippen LogP contribution in [0.2, 0.25) is 0 Å². The molecule has 1 atom stereocenters. The first-order valence-electron chi connectivity index (χ1n) is 10.2. The molecule has 1 aromatic carbocycles. The summed E-state index contributed by atoms with van der Waals surface area (Å²) in [5.74, 6) is 0.196. The minimum absolute atomic E-state index is 0.196. The maximum atomic E-state index is 12.4. The third-order valence-electron chi connectivity index (χ3n) is 5.09. The van der Waals surface area contributed by atoms with Gasteiger partial charge in [0.2, 0.25) is 0 Å². The largest absolute Gasteiger partial charge is 0.445 e. The first-order valence-corrected chi connectivity index (χ1v) is 10.2. The Kier molecular flexibility index (Phi) is 7.71. The van der Waals surface area contributed by atoms with Gasteiger partial charge in [0, 0.05) is 13.1 Å². The van der Waals surface area contributed by atoms with E-state index in [1.165, 1.54) is 0 Å². The van der Waals surface area contributed by atoms with Crippen LogP contribution in [0.5, 0.6) is 0 Å². The Morgan fingerprint density at radius 3 is 2.31 bits per heavy atom. The highest BCUT2D eigenvalue weighted by Crippen LogP contribution is 2.30. The Morgan fingerprint density at radius 2 is 1.76 bits per heavy atom. The number of piperidine rings is 1. The third-order valence-corrected chi connectivity index (χ3v) is 5.09. The van der Waals surface area contributed by atoms with Crippen LogP contribution < -0.4 is 5.32 Å². The maximum Gasteiger partial charge on any atom is 0.410 e. The molecule has 0 radical (unpaired) electrons. The van der Waals surface area contributed by atoms with Gasteiger partial charge >= 0.3 is 12.2 Å². The highest BCUT2D eigenvalue weighted by molar-refractivity contribution is 5.69. The molecule has 6 heteroatoms. The molecular formula is C23H34N2O4. The van der Waals surface area contributed by atoms with Gasteiger partial charge in [-0.1, -0.05) is 42.5 Å². The lowest BCUT2D eigenvalue weighted by atomic mass is 9.78. The van der Waals surface area contributed by atoms with E-state index in [0.717, 1.165) is 18.4 Å². The fourth-order valence-corrected chi connectivity index (χ4v) is 3.59. The van der Waals surface area contributed by atoms with E-state index in [9.17, 15) is 9.59 Å². The molecule has 160 valence electrons. The number of nitrogens with zero attached hydrogens (tertiary/aromatic N) is 1. The van der Waals surface area contributed by atoms with E-state index in [1.807, 2.05) is 77.1 Å². The van der Waals surface area contributed by atoms with Crippen LogP contribution in [0.25, 0.3) is 0 Å². The smallest absolute Gasteiger partial charge is 0.410 e. The van der Waals surface area contributed by atoms with Crippen molar-refractivity contribution in [3.05, 3.63) is 48.0 Å². The first kappa shape index (κ1) is 22.8. The molecular weight excluding hydrogens is 368 g/mol. The number of rotatable bonds is 5. The molecule has 1 heterocycles. The molecule has 29 heavy (non-hydrogen) atoms. The number of allylic oxidation sites excluding steroid dienone is 1. The van der Waals surface area contributed by atoms with E-state index in [0.29, 0.717) is 13.1 Å². The number of hydrogen-bond acceptors (Lipinski definition) is 4. The molecule has 2 amide bonds. The molecule has 1 fully saturated rings. The van der Waals surface area contributed by atoms with Crippen LogP contribution in [0.1, 0.15) is 53.0 Å². The van der Waals surface area contributed by atoms with Crippen molar-refractivity contribution in [2.45, 2.75) is 65.2 Å². The van der Waals surface area contributed by atoms with Crippen molar-refractivity contribution in [3.63, 3.8) is 0 Å². The van der Waals surface area contributed by atoms with Gasteiger partial charge in [0.1, 0.15) is 12.2 Å². The van der Waals surface area contributed by atoms with E-state index in [4.69, 9.17) is 9.47 Å². The van der Waals surface area contributed by atoms with E-state index in [2.05, 4.69) is 5.32 Å². The van der Waals surface area contributed by atoms with Gasteiger partial charge in [0.05, 0.1) is 5.54 Å². The third kappa shape index (κ3) is 7.11. The van der Waals surface area contributed by atoms with Crippen LogP contribution in [-0.2, 0) is 16.1 Å². The lowest BCUT2D eigenvalue weighted by molar-refractivity contribution is 0.0151. The summed E-state index contributed by atoms with van der Waals surface area (Å²) >= 11 is 0. The van der Waals surface area contributed by atoms with Crippen LogP contribution in [0, 0.1) is 5.92 Å². The number of carbonyl (C=O) groups is 2. The summed E-state index contributed by atoms with van der Waals surface area (Å²) in [4.78, 5) is 26.5. The average Bonchev–Trinajstić information content (AvgIpc) is 2.66. The summed E-state index contributed by atoms with van der Waals surface area (Å²) in [6.07, 6.45) is 4.78. The lowest BCUT2D eigenvalue weighted by Crippen LogP contribution is -2.54. The van der Waals surface area contributed by atoms with Gasteiger partial charge in [-0.3, -0.25) is 0 Å². The Bertz CT molecular complexity index is 703. The van der Waals surface area contributed by atoms with Gasteiger partial charge < -0.3 is 19.7 Å². The van der Waals surface area contributed by atoms with Crippen molar-refractivity contribution < 1.29 is 19.1 Å². The molecule has 0 bridgehead atoms. The lowest BCUT2D eigenvalue weighted by Gasteiger charge is -2.41. The molecule has 1 aromatic rings. The van der Waals surface area contributed by atoms with Crippen LogP contribution in [0.4, 0.5) is 9.59 Å². The predicted octanol–water partition coefficient (Wildman–Crippen LogP) is 4.89. The molecule has 1 saturated heterocycles. The number of ether oxygens (including phenoxy) is 2. The van der Waals surface area contributed by atoms with Gasteiger partial charge in [-0.25, -0.2) is 9.59 Å². The van der Waals surface area contributed by atoms with Crippen molar-refractivity contribution in [2.75, 3.05) is 13.1 Å². The van der Waals surface area contributed by atoms with Crippen molar-refractivity contribution in [3.8, 4) is 0 Å². The maximum absolute atomic E-state index is 12.4. The van der Waals surface area contributed by atoms with E-state index in [-0.39, 0.29) is 18.6 Å². The van der Waals surface area contributed by atoms with Crippen molar-refractivity contribution in [1.82, 2.24) is 10.2 Å². The highest BCUT2D eigenvalue weighted by Gasteiger charge is 2.37. The molecule has 1 N–H and O–H groups in total. The second kappa shape index (κ2) is 9.81. The Morgan fingerprint density at radius 1 is 1.14 bits per heavy atom. The van der Waals surface area contributed by atoms with Crippen LogP contribution >= 0.6 is 0 Å². The summed E-state index contributed by atoms with van der Waals surface area (Å²) in [5, 5.41) is 3.03. The Balaban J connectivity index is 1.92. The molecule has 0 aromatic heterocycles. The van der Waals surface area contributed by atoms with Gasteiger partial charge in [0.25, 0.3) is 0 Å². The molecule has 1 unspecified atom stereocenters.